The fraction of sp³-hybridized carbons (Fsp3) is 0.321. The van der Waals surface area contributed by atoms with Gasteiger partial charge in [0, 0.05) is 30.8 Å². The van der Waals surface area contributed by atoms with Crippen molar-refractivity contribution in [3.05, 3.63) is 71.8 Å². The first kappa shape index (κ1) is 21.8. The average Bonchev–Trinajstić information content (AvgIpc) is 3.55. The zero-order valence-corrected chi connectivity index (χ0v) is 19.8. The van der Waals surface area contributed by atoms with Crippen LogP contribution in [0.4, 0.5) is 5.69 Å². The number of methoxy groups -OCH3 is 1. The number of nitrogens with zero attached hydrogens (tertiary/aromatic N) is 2. The van der Waals surface area contributed by atoms with Crippen LogP contribution in [0.3, 0.4) is 0 Å². The summed E-state index contributed by atoms with van der Waals surface area (Å²) in [6.45, 7) is 0.857. The Morgan fingerprint density at radius 1 is 1.03 bits per heavy atom. The molecule has 1 fully saturated rings. The van der Waals surface area contributed by atoms with Crippen molar-refractivity contribution < 1.29 is 24.1 Å². The lowest BCUT2D eigenvalue weighted by atomic mass is 9.81. The van der Waals surface area contributed by atoms with Crippen LogP contribution in [0.1, 0.15) is 28.4 Å². The number of aliphatic hydroxyl groups excluding tert-OH is 1. The zero-order valence-electron chi connectivity index (χ0n) is 19.8. The number of rotatable bonds is 4. The van der Waals surface area contributed by atoms with Crippen molar-refractivity contribution in [2.45, 2.75) is 18.5 Å². The van der Waals surface area contributed by atoms with Crippen molar-refractivity contribution in [1.82, 2.24) is 4.90 Å². The van der Waals surface area contributed by atoms with E-state index in [4.69, 9.17) is 14.2 Å². The minimum Gasteiger partial charge on any atom is -0.497 e. The summed E-state index contributed by atoms with van der Waals surface area (Å²) < 4.78 is 16.2. The smallest absolute Gasteiger partial charge is 0.254 e. The number of likely N-dealkylation sites (N-methyl/N-ethyl adjacent to an activating group) is 1. The van der Waals surface area contributed by atoms with Crippen molar-refractivity contribution in [2.24, 2.45) is 5.92 Å². The maximum Gasteiger partial charge on any atom is 0.254 e. The Kier molecular flexibility index (Phi) is 5.29. The van der Waals surface area contributed by atoms with Crippen LogP contribution in [-0.4, -0.2) is 56.1 Å². The lowest BCUT2D eigenvalue weighted by Gasteiger charge is -2.44. The van der Waals surface area contributed by atoms with Gasteiger partial charge in [0.2, 0.25) is 6.79 Å². The van der Waals surface area contributed by atoms with Gasteiger partial charge in [0.1, 0.15) is 5.75 Å². The standard InChI is InChI=1S/C28H28N2O5/c1-29-23-9-5-18(17-3-7-20(33-2)8-4-17)13-22(23)27-21(24(29)15-31)11-12-30(27)28(32)19-6-10-25-26(14-19)35-16-34-25/h3-10,13-14,21,24,27,31H,11-12,15-16H2,1-2H3/t21-,24+,27-/m1/s1. The monoisotopic (exact) mass is 472 g/mol. The summed E-state index contributed by atoms with van der Waals surface area (Å²) >= 11 is 0. The summed E-state index contributed by atoms with van der Waals surface area (Å²) in [5.74, 6) is 2.19. The molecule has 3 aromatic carbocycles. The van der Waals surface area contributed by atoms with E-state index in [2.05, 4.69) is 23.1 Å². The average molecular weight is 473 g/mol. The van der Waals surface area contributed by atoms with E-state index in [1.54, 1.807) is 25.3 Å². The predicted octanol–water partition coefficient (Wildman–Crippen LogP) is 4.11. The predicted molar refractivity (Wildman–Crippen MR) is 132 cm³/mol. The Bertz CT molecular complexity index is 1270. The molecule has 3 aliphatic heterocycles. The number of hydrogen-bond acceptors (Lipinski definition) is 6. The van der Waals surface area contributed by atoms with Crippen LogP contribution in [0, 0.1) is 5.92 Å². The van der Waals surface area contributed by atoms with Crippen LogP contribution < -0.4 is 19.1 Å². The van der Waals surface area contributed by atoms with Crippen molar-refractivity contribution >= 4 is 11.6 Å². The normalized spacial score (nSPS) is 22.1. The van der Waals surface area contributed by atoms with Crippen molar-refractivity contribution in [3.63, 3.8) is 0 Å². The molecule has 0 bridgehead atoms. The van der Waals surface area contributed by atoms with Crippen LogP contribution in [-0.2, 0) is 0 Å². The molecule has 7 nitrogen and oxygen atoms in total. The highest BCUT2D eigenvalue weighted by Crippen LogP contribution is 2.50. The Morgan fingerprint density at radius 3 is 2.57 bits per heavy atom. The van der Waals surface area contributed by atoms with Gasteiger partial charge in [0.05, 0.1) is 25.8 Å². The van der Waals surface area contributed by atoms with Gasteiger partial charge in [-0.2, -0.15) is 0 Å². The minimum absolute atomic E-state index is 0.0298. The first-order valence-electron chi connectivity index (χ1n) is 11.9. The molecule has 6 rings (SSSR count). The van der Waals surface area contributed by atoms with Crippen LogP contribution in [0.25, 0.3) is 11.1 Å². The maximum absolute atomic E-state index is 13.8. The van der Waals surface area contributed by atoms with Gasteiger partial charge in [-0.3, -0.25) is 4.79 Å². The molecule has 0 saturated carbocycles. The molecule has 0 aromatic heterocycles. The van der Waals surface area contributed by atoms with E-state index in [1.807, 2.05) is 36.2 Å². The second-order valence-corrected chi connectivity index (χ2v) is 9.33. The van der Waals surface area contributed by atoms with Gasteiger partial charge < -0.3 is 29.1 Å². The molecule has 180 valence electrons. The van der Waals surface area contributed by atoms with E-state index >= 15 is 0 Å². The quantitative estimate of drug-likeness (QED) is 0.616. The fourth-order valence-corrected chi connectivity index (χ4v) is 5.84. The summed E-state index contributed by atoms with van der Waals surface area (Å²) in [7, 11) is 3.69. The third-order valence-electron chi connectivity index (χ3n) is 7.65. The molecule has 1 saturated heterocycles. The number of carbonyl (C=O) groups excluding carboxylic acids is 1. The molecule has 3 heterocycles. The molecule has 35 heavy (non-hydrogen) atoms. The highest BCUT2D eigenvalue weighted by molar-refractivity contribution is 5.95. The Balaban J connectivity index is 1.41. The largest absolute Gasteiger partial charge is 0.497 e. The Hall–Kier alpha value is -3.71. The molecular weight excluding hydrogens is 444 g/mol. The lowest BCUT2D eigenvalue weighted by molar-refractivity contribution is 0.0693. The number of anilines is 1. The maximum atomic E-state index is 13.8. The third-order valence-corrected chi connectivity index (χ3v) is 7.65. The first-order valence-corrected chi connectivity index (χ1v) is 11.9. The molecule has 0 aliphatic carbocycles. The first-order chi connectivity index (χ1) is 17.1. The van der Waals surface area contributed by atoms with Crippen molar-refractivity contribution in [1.29, 1.82) is 0 Å². The van der Waals surface area contributed by atoms with E-state index in [9.17, 15) is 9.90 Å². The second kappa shape index (κ2) is 8.50. The number of hydrogen-bond donors (Lipinski definition) is 1. The van der Waals surface area contributed by atoms with Gasteiger partial charge >= 0.3 is 0 Å². The van der Waals surface area contributed by atoms with Gasteiger partial charge in [-0.05, 0) is 65.6 Å². The number of carbonyl (C=O) groups is 1. The summed E-state index contributed by atoms with van der Waals surface area (Å²) in [6, 6.07) is 19.6. The van der Waals surface area contributed by atoms with Crippen molar-refractivity contribution in [3.8, 4) is 28.4 Å². The van der Waals surface area contributed by atoms with Crippen LogP contribution in [0.5, 0.6) is 17.2 Å². The van der Waals surface area contributed by atoms with Crippen LogP contribution in [0.15, 0.2) is 60.7 Å². The molecule has 7 heteroatoms. The molecule has 1 amide bonds. The van der Waals surface area contributed by atoms with Gasteiger partial charge in [0.25, 0.3) is 5.91 Å². The van der Waals surface area contributed by atoms with Crippen LogP contribution in [0.2, 0.25) is 0 Å². The molecule has 1 N–H and O–H groups in total. The topological polar surface area (TPSA) is 71.5 Å². The molecular formula is C28H28N2O5. The van der Waals surface area contributed by atoms with E-state index in [-0.39, 0.29) is 37.3 Å². The summed E-state index contributed by atoms with van der Waals surface area (Å²) in [5.41, 5.74) is 4.92. The molecule has 3 aliphatic rings. The Labute approximate surface area is 204 Å². The van der Waals surface area contributed by atoms with E-state index < -0.39 is 0 Å². The molecule has 3 atom stereocenters. The number of ether oxygens (including phenoxy) is 3. The summed E-state index contributed by atoms with van der Waals surface area (Å²) in [4.78, 5) is 17.9. The number of amides is 1. The number of likely N-dealkylation sites (tertiary alicyclic amines) is 1. The van der Waals surface area contributed by atoms with E-state index in [0.717, 1.165) is 34.5 Å². The number of aliphatic hydroxyl groups is 1. The number of benzene rings is 3. The van der Waals surface area contributed by atoms with Gasteiger partial charge in [-0.1, -0.05) is 18.2 Å². The third kappa shape index (κ3) is 3.49. The van der Waals surface area contributed by atoms with E-state index in [0.29, 0.717) is 23.6 Å². The molecule has 0 spiro atoms. The SMILES string of the molecule is COc1ccc(-c2ccc3c(c2)[C@H]2[C@H](CCN2C(=O)c2ccc4c(c2)OCO4)[C@H](CO)N3C)cc1. The summed E-state index contributed by atoms with van der Waals surface area (Å²) in [6.07, 6.45) is 0.836. The molecule has 0 unspecified atom stereocenters. The lowest BCUT2D eigenvalue weighted by Crippen LogP contribution is -2.48. The molecule has 3 aromatic rings. The second-order valence-electron chi connectivity index (χ2n) is 9.33. The summed E-state index contributed by atoms with van der Waals surface area (Å²) in [5, 5.41) is 10.3. The highest BCUT2D eigenvalue weighted by atomic mass is 16.7. The van der Waals surface area contributed by atoms with Crippen LogP contribution >= 0.6 is 0 Å². The van der Waals surface area contributed by atoms with Gasteiger partial charge in [-0.25, -0.2) is 0 Å². The fourth-order valence-electron chi connectivity index (χ4n) is 5.84. The minimum atomic E-state index is -0.116. The van der Waals surface area contributed by atoms with Crippen molar-refractivity contribution in [2.75, 3.05) is 39.0 Å². The Morgan fingerprint density at radius 2 is 1.80 bits per heavy atom. The zero-order chi connectivity index (χ0) is 24.1. The van der Waals surface area contributed by atoms with Gasteiger partial charge in [-0.15, -0.1) is 0 Å². The highest BCUT2D eigenvalue weighted by Gasteiger charge is 2.47. The number of fused-ring (bicyclic) bond motifs is 4. The van der Waals surface area contributed by atoms with Gasteiger partial charge in [0.15, 0.2) is 11.5 Å². The molecule has 0 radical (unpaired) electrons. The van der Waals surface area contributed by atoms with E-state index in [1.165, 1.54) is 0 Å².